The number of carbonyl (C=O) groups is 2. The van der Waals surface area contributed by atoms with Gasteiger partial charge in [0, 0.05) is 43.7 Å². The van der Waals surface area contributed by atoms with E-state index in [1.165, 1.54) is 4.90 Å². The van der Waals surface area contributed by atoms with Crippen molar-refractivity contribution in [2.75, 3.05) is 43.2 Å². The third-order valence-electron chi connectivity index (χ3n) is 3.87. The summed E-state index contributed by atoms with van der Waals surface area (Å²) in [5.41, 5.74) is 0.705. The summed E-state index contributed by atoms with van der Waals surface area (Å²) in [6.45, 7) is 8.11. The van der Waals surface area contributed by atoms with Crippen LogP contribution in [0, 0.1) is 6.92 Å². The molecule has 0 unspecified atom stereocenters. The molecule has 1 heterocycles. The number of methoxy groups -OCH3 is 1. The van der Waals surface area contributed by atoms with Crippen molar-refractivity contribution in [1.82, 2.24) is 14.9 Å². The zero-order valence-corrected chi connectivity index (χ0v) is 18.8. The first-order valence-electron chi connectivity index (χ1n) is 9.81. The number of hydrogen-bond acceptors (Lipinski definition) is 7. The molecule has 168 valence electrons. The van der Waals surface area contributed by atoms with Crippen molar-refractivity contribution in [2.45, 2.75) is 33.3 Å². The van der Waals surface area contributed by atoms with Crippen molar-refractivity contribution in [3.63, 3.8) is 0 Å². The Balaban J connectivity index is 1.91. The summed E-state index contributed by atoms with van der Waals surface area (Å²) in [6.07, 6.45) is -0.398. The van der Waals surface area contributed by atoms with Gasteiger partial charge in [-0.1, -0.05) is 6.07 Å². The first-order chi connectivity index (χ1) is 14.6. The van der Waals surface area contributed by atoms with E-state index in [1.54, 1.807) is 51.4 Å². The Bertz CT molecular complexity index is 913. The molecule has 31 heavy (non-hydrogen) atoms. The van der Waals surface area contributed by atoms with Crippen LogP contribution >= 0.6 is 0 Å². The van der Waals surface area contributed by atoms with Crippen LogP contribution in [0.25, 0.3) is 0 Å². The van der Waals surface area contributed by atoms with E-state index in [2.05, 4.69) is 25.9 Å². The largest absolute Gasteiger partial charge is 0.497 e. The first kappa shape index (κ1) is 23.7. The molecule has 0 spiro atoms. The van der Waals surface area contributed by atoms with E-state index in [0.717, 1.165) is 0 Å². The first-order valence-corrected chi connectivity index (χ1v) is 9.81. The predicted octanol–water partition coefficient (Wildman–Crippen LogP) is 3.72. The van der Waals surface area contributed by atoms with E-state index in [4.69, 9.17) is 9.47 Å². The molecule has 1 aromatic heterocycles. The highest BCUT2D eigenvalue weighted by molar-refractivity contribution is 5.98. The van der Waals surface area contributed by atoms with Crippen LogP contribution in [0.5, 0.6) is 5.75 Å². The third kappa shape index (κ3) is 8.37. The number of carbonyl (C=O) groups excluding carboxylic acids is 2. The lowest BCUT2D eigenvalue weighted by Gasteiger charge is -2.24. The molecular formula is C21H30N6O4. The number of aryl methyl sites for hydroxylation is 1. The van der Waals surface area contributed by atoms with Crippen molar-refractivity contribution >= 4 is 29.6 Å². The van der Waals surface area contributed by atoms with Crippen molar-refractivity contribution < 1.29 is 19.1 Å². The molecule has 0 aliphatic carbocycles. The smallest absolute Gasteiger partial charge is 0.410 e. The van der Waals surface area contributed by atoms with Gasteiger partial charge in [0.2, 0.25) is 5.95 Å². The minimum atomic E-state index is -0.547. The number of nitrogens with one attached hydrogen (secondary N) is 3. The van der Waals surface area contributed by atoms with Crippen LogP contribution in [0.2, 0.25) is 0 Å². The Morgan fingerprint density at radius 3 is 2.55 bits per heavy atom. The number of aromatic nitrogens is 2. The number of anilines is 3. The van der Waals surface area contributed by atoms with Crippen LogP contribution in [-0.4, -0.2) is 59.8 Å². The van der Waals surface area contributed by atoms with Crippen LogP contribution in [0.1, 0.15) is 26.5 Å². The molecule has 0 saturated carbocycles. The molecule has 0 saturated heterocycles. The topological polar surface area (TPSA) is 118 Å². The second kappa shape index (κ2) is 10.5. The molecule has 3 amide bonds. The van der Waals surface area contributed by atoms with Gasteiger partial charge in [-0.3, -0.25) is 5.32 Å². The fraction of sp³-hybridized carbons (Fsp3) is 0.429. The molecule has 3 N–H and O–H groups in total. The second-order valence-electron chi connectivity index (χ2n) is 7.86. The lowest BCUT2D eigenvalue weighted by atomic mass is 10.2. The number of rotatable bonds is 7. The molecule has 10 heteroatoms. The van der Waals surface area contributed by atoms with E-state index in [1.807, 2.05) is 20.8 Å². The van der Waals surface area contributed by atoms with E-state index in [0.29, 0.717) is 36.0 Å². The molecule has 0 aliphatic heterocycles. The average Bonchev–Trinajstić information content (AvgIpc) is 2.66. The monoisotopic (exact) mass is 430 g/mol. The highest BCUT2D eigenvalue weighted by Gasteiger charge is 2.19. The molecule has 0 atom stereocenters. The van der Waals surface area contributed by atoms with E-state index in [-0.39, 0.29) is 5.95 Å². The standard InChI is InChI=1S/C21H30N6O4/c1-14-12-17(22-10-11-27(5)20(29)31-21(2,3)4)25-18(23-14)26-19(28)24-15-8-7-9-16(13-15)30-6/h7-9,12-13H,10-11H2,1-6H3,(H3,22,23,24,25,26,28). The molecule has 0 fully saturated rings. The summed E-state index contributed by atoms with van der Waals surface area (Å²) in [6, 6.07) is 8.27. The third-order valence-corrected chi connectivity index (χ3v) is 3.87. The summed E-state index contributed by atoms with van der Waals surface area (Å²) in [7, 11) is 3.22. The summed E-state index contributed by atoms with van der Waals surface area (Å²) < 4.78 is 10.5. The van der Waals surface area contributed by atoms with Crippen molar-refractivity contribution in [1.29, 1.82) is 0 Å². The quantitative estimate of drug-likeness (QED) is 0.613. The van der Waals surface area contributed by atoms with Gasteiger partial charge in [0.05, 0.1) is 7.11 Å². The normalized spacial score (nSPS) is 10.8. The highest BCUT2D eigenvalue weighted by Crippen LogP contribution is 2.17. The number of ether oxygens (including phenoxy) is 2. The number of amides is 3. The van der Waals surface area contributed by atoms with Crippen molar-refractivity contribution in [2.24, 2.45) is 0 Å². The zero-order chi connectivity index (χ0) is 23.0. The number of benzene rings is 1. The summed E-state index contributed by atoms with van der Waals surface area (Å²) in [5.74, 6) is 1.32. The van der Waals surface area contributed by atoms with Crippen LogP contribution in [0.3, 0.4) is 0 Å². The molecule has 10 nitrogen and oxygen atoms in total. The van der Waals surface area contributed by atoms with Gasteiger partial charge in [-0.05, 0) is 39.8 Å². The molecule has 0 bridgehead atoms. The summed E-state index contributed by atoms with van der Waals surface area (Å²) in [4.78, 5) is 34.3. The lowest BCUT2D eigenvalue weighted by molar-refractivity contribution is 0.0305. The van der Waals surface area contributed by atoms with Gasteiger partial charge in [-0.15, -0.1) is 0 Å². The van der Waals surface area contributed by atoms with E-state index >= 15 is 0 Å². The van der Waals surface area contributed by atoms with Crippen molar-refractivity contribution in [3.05, 3.63) is 36.0 Å². The Kier molecular flexibility index (Phi) is 8.00. The Hall–Kier alpha value is -3.56. The van der Waals surface area contributed by atoms with Gasteiger partial charge in [0.1, 0.15) is 17.2 Å². The van der Waals surface area contributed by atoms with Gasteiger partial charge in [0.25, 0.3) is 0 Å². The number of urea groups is 1. The summed E-state index contributed by atoms with van der Waals surface area (Å²) >= 11 is 0. The van der Waals surface area contributed by atoms with Gasteiger partial charge in [-0.25, -0.2) is 14.6 Å². The second-order valence-corrected chi connectivity index (χ2v) is 7.86. The molecular weight excluding hydrogens is 400 g/mol. The SMILES string of the molecule is COc1cccc(NC(=O)Nc2nc(C)cc(NCCN(C)C(=O)OC(C)(C)C)n2)c1. The van der Waals surface area contributed by atoms with Crippen LogP contribution < -0.4 is 20.7 Å². The lowest BCUT2D eigenvalue weighted by Crippen LogP contribution is -2.36. The van der Waals surface area contributed by atoms with Crippen LogP contribution in [0.4, 0.5) is 27.0 Å². The highest BCUT2D eigenvalue weighted by atomic mass is 16.6. The van der Waals surface area contributed by atoms with Gasteiger partial charge < -0.3 is 25.0 Å². The minimum absolute atomic E-state index is 0.156. The Labute approximate surface area is 182 Å². The molecule has 2 aromatic rings. The van der Waals surface area contributed by atoms with Gasteiger partial charge in [0.15, 0.2) is 0 Å². The molecule has 0 radical (unpaired) electrons. The Morgan fingerprint density at radius 1 is 1.13 bits per heavy atom. The predicted molar refractivity (Wildman–Crippen MR) is 120 cm³/mol. The Morgan fingerprint density at radius 2 is 1.87 bits per heavy atom. The average molecular weight is 431 g/mol. The fourth-order valence-electron chi connectivity index (χ4n) is 2.46. The molecule has 1 aromatic carbocycles. The van der Waals surface area contributed by atoms with Crippen molar-refractivity contribution in [3.8, 4) is 5.75 Å². The number of hydrogen-bond donors (Lipinski definition) is 3. The maximum Gasteiger partial charge on any atom is 0.410 e. The zero-order valence-electron chi connectivity index (χ0n) is 18.8. The van der Waals surface area contributed by atoms with Crippen LogP contribution in [0.15, 0.2) is 30.3 Å². The van der Waals surface area contributed by atoms with Crippen LogP contribution in [-0.2, 0) is 4.74 Å². The van der Waals surface area contributed by atoms with E-state index < -0.39 is 17.7 Å². The van der Waals surface area contributed by atoms with Gasteiger partial charge >= 0.3 is 12.1 Å². The fourth-order valence-corrected chi connectivity index (χ4v) is 2.46. The van der Waals surface area contributed by atoms with E-state index in [9.17, 15) is 9.59 Å². The maximum absolute atomic E-state index is 12.3. The maximum atomic E-state index is 12.3. The molecule has 2 rings (SSSR count). The van der Waals surface area contributed by atoms with Gasteiger partial charge in [-0.2, -0.15) is 4.98 Å². The number of likely N-dealkylation sites (N-methyl/N-ethyl adjacent to an activating group) is 1. The minimum Gasteiger partial charge on any atom is -0.497 e. The number of nitrogens with zero attached hydrogens (tertiary/aromatic N) is 3. The molecule has 0 aliphatic rings. The summed E-state index contributed by atoms with van der Waals surface area (Å²) in [5, 5.41) is 8.44.